The van der Waals surface area contributed by atoms with Gasteiger partial charge in [0.15, 0.2) is 12.4 Å². The maximum absolute atomic E-state index is 12.6. The summed E-state index contributed by atoms with van der Waals surface area (Å²) in [6.45, 7) is 1.41. The van der Waals surface area contributed by atoms with E-state index in [1.165, 1.54) is 6.07 Å². The molecule has 1 amide bonds. The Kier molecular flexibility index (Phi) is 5.38. The second-order valence-electron chi connectivity index (χ2n) is 7.05. The first kappa shape index (κ1) is 19.9. The second-order valence-corrected chi connectivity index (χ2v) is 7.49. The third kappa shape index (κ3) is 3.84. The maximum atomic E-state index is 12.6. The van der Waals surface area contributed by atoms with Crippen LogP contribution in [0.5, 0.6) is 0 Å². The average molecular weight is 420 g/mol. The van der Waals surface area contributed by atoms with E-state index in [0.29, 0.717) is 16.1 Å². The van der Waals surface area contributed by atoms with Gasteiger partial charge in [0.2, 0.25) is 0 Å². The van der Waals surface area contributed by atoms with E-state index in [1.807, 2.05) is 31.2 Å². The van der Waals surface area contributed by atoms with Gasteiger partial charge in [0.05, 0.1) is 11.6 Å². The van der Waals surface area contributed by atoms with E-state index >= 15 is 0 Å². The fraction of sp³-hybridized carbons (Fsp3) is 0.125. The zero-order chi connectivity index (χ0) is 21.3. The van der Waals surface area contributed by atoms with Crippen molar-refractivity contribution in [2.24, 2.45) is 0 Å². The van der Waals surface area contributed by atoms with Gasteiger partial charge in [-0.15, -0.1) is 0 Å². The molecule has 0 aromatic heterocycles. The SMILES string of the molecule is CC(NC(=O)COC(=O)c1ccc2c(c1)C(=O)c1ccccc1-2)c1ccc(Cl)cc1. The van der Waals surface area contributed by atoms with Crippen LogP contribution in [0.1, 0.15) is 44.8 Å². The Morgan fingerprint density at radius 3 is 2.33 bits per heavy atom. The molecule has 0 spiro atoms. The fourth-order valence-electron chi connectivity index (χ4n) is 3.49. The smallest absolute Gasteiger partial charge is 0.338 e. The Bertz CT molecular complexity index is 1150. The summed E-state index contributed by atoms with van der Waals surface area (Å²) in [5.74, 6) is -1.20. The monoisotopic (exact) mass is 419 g/mol. The lowest BCUT2D eigenvalue weighted by Gasteiger charge is -2.14. The number of nitrogens with one attached hydrogen (secondary N) is 1. The summed E-state index contributed by atoms with van der Waals surface area (Å²) in [7, 11) is 0. The van der Waals surface area contributed by atoms with Crippen LogP contribution in [0.3, 0.4) is 0 Å². The highest BCUT2D eigenvalue weighted by atomic mass is 35.5. The number of amides is 1. The van der Waals surface area contributed by atoms with Crippen molar-refractivity contribution >= 4 is 29.3 Å². The number of halogens is 1. The summed E-state index contributed by atoms with van der Waals surface area (Å²) in [6.07, 6.45) is 0. The summed E-state index contributed by atoms with van der Waals surface area (Å²) < 4.78 is 5.13. The molecule has 0 fully saturated rings. The van der Waals surface area contributed by atoms with Crippen molar-refractivity contribution in [3.05, 3.63) is 94.0 Å². The molecule has 150 valence electrons. The highest BCUT2D eigenvalue weighted by molar-refractivity contribution is 6.30. The van der Waals surface area contributed by atoms with E-state index in [0.717, 1.165) is 16.7 Å². The predicted octanol–water partition coefficient (Wildman–Crippen LogP) is 4.59. The molecule has 0 aliphatic heterocycles. The van der Waals surface area contributed by atoms with Gasteiger partial charge < -0.3 is 10.1 Å². The quantitative estimate of drug-likeness (QED) is 0.480. The van der Waals surface area contributed by atoms with Crippen molar-refractivity contribution in [3.8, 4) is 11.1 Å². The molecule has 6 heteroatoms. The minimum atomic E-state index is -0.657. The number of esters is 1. The lowest BCUT2D eigenvalue weighted by atomic mass is 10.0. The summed E-state index contributed by atoms with van der Waals surface area (Å²) in [5.41, 5.74) is 3.85. The normalized spacial score (nSPS) is 12.7. The Morgan fingerprint density at radius 2 is 1.60 bits per heavy atom. The van der Waals surface area contributed by atoms with Crippen molar-refractivity contribution < 1.29 is 19.1 Å². The molecule has 0 heterocycles. The van der Waals surface area contributed by atoms with Gasteiger partial charge in [-0.25, -0.2) is 4.79 Å². The van der Waals surface area contributed by atoms with Gasteiger partial charge in [0.25, 0.3) is 5.91 Å². The fourth-order valence-corrected chi connectivity index (χ4v) is 3.61. The number of benzene rings is 3. The van der Waals surface area contributed by atoms with Crippen molar-refractivity contribution in [3.63, 3.8) is 0 Å². The topological polar surface area (TPSA) is 72.5 Å². The van der Waals surface area contributed by atoms with Crippen LogP contribution in [-0.2, 0) is 9.53 Å². The molecule has 1 aliphatic carbocycles. The molecule has 4 rings (SSSR count). The van der Waals surface area contributed by atoms with E-state index in [1.54, 1.807) is 36.4 Å². The van der Waals surface area contributed by atoms with Gasteiger partial charge >= 0.3 is 5.97 Å². The molecule has 1 aliphatic rings. The molecular weight excluding hydrogens is 402 g/mol. The third-order valence-corrected chi connectivity index (χ3v) is 5.30. The van der Waals surface area contributed by atoms with Gasteiger partial charge in [-0.05, 0) is 47.9 Å². The molecule has 0 saturated carbocycles. The number of carbonyl (C=O) groups is 3. The standard InChI is InChI=1S/C24H18ClNO4/c1-14(15-6-9-17(25)10-7-15)26-22(27)13-30-24(29)16-8-11-19-18-4-2-3-5-20(18)23(28)21(19)12-16/h2-12,14H,13H2,1H3,(H,26,27). The van der Waals surface area contributed by atoms with E-state index in [-0.39, 0.29) is 17.4 Å². The van der Waals surface area contributed by atoms with Crippen LogP contribution in [0.4, 0.5) is 0 Å². The van der Waals surface area contributed by atoms with Gasteiger partial charge in [0.1, 0.15) is 0 Å². The van der Waals surface area contributed by atoms with Gasteiger partial charge in [-0.1, -0.05) is 54.1 Å². The van der Waals surface area contributed by atoms with Gasteiger partial charge in [-0.2, -0.15) is 0 Å². The molecule has 3 aromatic carbocycles. The van der Waals surface area contributed by atoms with E-state index in [4.69, 9.17) is 16.3 Å². The molecular formula is C24H18ClNO4. The van der Waals surface area contributed by atoms with Crippen LogP contribution in [0, 0.1) is 0 Å². The zero-order valence-electron chi connectivity index (χ0n) is 16.1. The second kappa shape index (κ2) is 8.13. The first-order chi connectivity index (χ1) is 14.4. The Morgan fingerprint density at radius 1 is 0.933 bits per heavy atom. The molecule has 3 aromatic rings. The van der Waals surface area contributed by atoms with Gasteiger partial charge in [-0.3, -0.25) is 9.59 Å². The summed E-state index contributed by atoms with van der Waals surface area (Å²) >= 11 is 5.87. The highest BCUT2D eigenvalue weighted by Crippen LogP contribution is 2.36. The Balaban J connectivity index is 1.38. The first-order valence-corrected chi connectivity index (χ1v) is 9.82. The van der Waals surface area contributed by atoms with Crippen molar-refractivity contribution in [2.75, 3.05) is 6.61 Å². The lowest BCUT2D eigenvalue weighted by Crippen LogP contribution is -2.31. The largest absolute Gasteiger partial charge is 0.452 e. The number of carbonyl (C=O) groups excluding carboxylic acids is 3. The summed E-state index contributed by atoms with van der Waals surface area (Å²) in [4.78, 5) is 37.1. The number of ether oxygens (including phenoxy) is 1. The number of fused-ring (bicyclic) bond motifs is 3. The van der Waals surface area contributed by atoms with Crippen LogP contribution in [0.25, 0.3) is 11.1 Å². The predicted molar refractivity (Wildman–Crippen MR) is 114 cm³/mol. The summed E-state index contributed by atoms with van der Waals surface area (Å²) in [5, 5.41) is 3.38. The maximum Gasteiger partial charge on any atom is 0.338 e. The van der Waals surface area contributed by atoms with E-state index in [2.05, 4.69) is 5.32 Å². The Labute approximate surface area is 178 Å². The minimum absolute atomic E-state index is 0.121. The molecule has 0 bridgehead atoms. The van der Waals surface area contributed by atoms with Crippen molar-refractivity contribution in [1.82, 2.24) is 5.32 Å². The number of ketones is 1. The molecule has 1 N–H and O–H groups in total. The van der Waals surface area contributed by atoms with Crippen molar-refractivity contribution in [1.29, 1.82) is 0 Å². The molecule has 0 radical (unpaired) electrons. The van der Waals surface area contributed by atoms with E-state index in [9.17, 15) is 14.4 Å². The van der Waals surface area contributed by atoms with Crippen molar-refractivity contribution in [2.45, 2.75) is 13.0 Å². The average Bonchev–Trinajstić information content (AvgIpc) is 3.04. The van der Waals surface area contributed by atoms with Crippen LogP contribution >= 0.6 is 11.6 Å². The van der Waals surface area contributed by atoms with E-state index < -0.39 is 18.5 Å². The molecule has 0 saturated heterocycles. The number of rotatable bonds is 5. The first-order valence-electron chi connectivity index (χ1n) is 9.44. The summed E-state index contributed by atoms with van der Waals surface area (Å²) in [6, 6.07) is 19.0. The zero-order valence-corrected chi connectivity index (χ0v) is 16.9. The van der Waals surface area contributed by atoms with Crippen LogP contribution in [0.2, 0.25) is 5.02 Å². The van der Waals surface area contributed by atoms with Crippen LogP contribution in [0.15, 0.2) is 66.7 Å². The molecule has 1 unspecified atom stereocenters. The van der Waals surface area contributed by atoms with Crippen LogP contribution < -0.4 is 5.32 Å². The highest BCUT2D eigenvalue weighted by Gasteiger charge is 2.27. The molecule has 30 heavy (non-hydrogen) atoms. The van der Waals surface area contributed by atoms with Gasteiger partial charge in [0, 0.05) is 16.1 Å². The van der Waals surface area contributed by atoms with Crippen LogP contribution in [-0.4, -0.2) is 24.3 Å². The minimum Gasteiger partial charge on any atom is -0.452 e. The Hall–Kier alpha value is -3.44. The lowest BCUT2D eigenvalue weighted by molar-refractivity contribution is -0.124. The third-order valence-electron chi connectivity index (χ3n) is 5.04. The number of hydrogen-bond acceptors (Lipinski definition) is 4. The molecule has 5 nitrogen and oxygen atoms in total. The molecule has 1 atom stereocenters. The number of hydrogen-bond donors (Lipinski definition) is 1.